The van der Waals surface area contributed by atoms with E-state index >= 15 is 0 Å². The topological polar surface area (TPSA) is 23.6 Å². The number of rotatable bonds is 3. The first-order chi connectivity index (χ1) is 8.69. The first-order valence-electron chi connectivity index (χ1n) is 6.79. The Bertz CT molecular complexity index is 471. The van der Waals surface area contributed by atoms with Gasteiger partial charge in [-0.05, 0) is 25.5 Å². The van der Waals surface area contributed by atoms with Crippen LogP contribution in [0.15, 0.2) is 24.3 Å². The molecule has 2 saturated heterocycles. The quantitative estimate of drug-likeness (QED) is 0.809. The van der Waals surface area contributed by atoms with Crippen LogP contribution in [0.1, 0.15) is 24.5 Å². The van der Waals surface area contributed by atoms with Crippen LogP contribution in [-0.2, 0) is 11.3 Å². The van der Waals surface area contributed by atoms with E-state index < -0.39 is 0 Å². The standard InChI is InChI=1S/C15H20N2O/c1-3-16-10-13-8-14(16)15(18)17(13)9-12-6-4-5-11(2)7-12/h4-7,13-14H,3,8-10H2,1-2H3/t13-,14-/m0/s1. The maximum Gasteiger partial charge on any atom is 0.240 e. The van der Waals surface area contributed by atoms with E-state index in [1.807, 2.05) is 0 Å². The van der Waals surface area contributed by atoms with Gasteiger partial charge in [0.05, 0.1) is 6.04 Å². The largest absolute Gasteiger partial charge is 0.333 e. The van der Waals surface area contributed by atoms with Crippen molar-refractivity contribution in [2.24, 2.45) is 0 Å². The van der Waals surface area contributed by atoms with E-state index in [0.29, 0.717) is 11.9 Å². The smallest absolute Gasteiger partial charge is 0.240 e. The molecule has 1 aromatic carbocycles. The highest BCUT2D eigenvalue weighted by molar-refractivity contribution is 5.85. The average molecular weight is 244 g/mol. The molecule has 0 N–H and O–H groups in total. The number of likely N-dealkylation sites (tertiary alicyclic amines) is 2. The molecule has 0 aromatic heterocycles. The van der Waals surface area contributed by atoms with Gasteiger partial charge in [-0.15, -0.1) is 0 Å². The third-order valence-corrected chi connectivity index (χ3v) is 4.23. The lowest BCUT2D eigenvalue weighted by molar-refractivity contribution is -0.137. The van der Waals surface area contributed by atoms with Gasteiger partial charge in [0.1, 0.15) is 0 Å². The number of carbonyl (C=O) groups excluding carboxylic acids is 1. The molecule has 3 nitrogen and oxygen atoms in total. The van der Waals surface area contributed by atoms with E-state index in [4.69, 9.17) is 0 Å². The predicted molar refractivity (Wildman–Crippen MR) is 71.2 cm³/mol. The number of fused-ring (bicyclic) bond motifs is 2. The fraction of sp³-hybridized carbons (Fsp3) is 0.533. The van der Waals surface area contributed by atoms with Crippen molar-refractivity contribution in [3.05, 3.63) is 35.4 Å². The van der Waals surface area contributed by atoms with E-state index in [1.165, 1.54) is 11.1 Å². The average Bonchev–Trinajstić information content (AvgIpc) is 2.89. The van der Waals surface area contributed by atoms with E-state index in [0.717, 1.165) is 26.1 Å². The summed E-state index contributed by atoms with van der Waals surface area (Å²) in [5.41, 5.74) is 2.51. The third kappa shape index (κ3) is 1.83. The Hall–Kier alpha value is -1.35. The Morgan fingerprint density at radius 1 is 1.39 bits per heavy atom. The summed E-state index contributed by atoms with van der Waals surface area (Å²) >= 11 is 0. The first kappa shape index (κ1) is 11.7. The summed E-state index contributed by atoms with van der Waals surface area (Å²) in [6, 6.07) is 9.05. The van der Waals surface area contributed by atoms with Crippen LogP contribution in [0.25, 0.3) is 0 Å². The highest BCUT2D eigenvalue weighted by Gasteiger charge is 2.48. The molecule has 2 atom stereocenters. The Kier molecular flexibility index (Phi) is 2.86. The Balaban J connectivity index is 1.74. The van der Waals surface area contributed by atoms with Gasteiger partial charge < -0.3 is 4.90 Å². The SMILES string of the molecule is CCN1C[C@@H]2C[C@H]1C(=O)N2Cc1cccc(C)c1. The molecule has 3 heteroatoms. The van der Waals surface area contributed by atoms with E-state index in [2.05, 4.69) is 47.9 Å². The van der Waals surface area contributed by atoms with Crippen LogP contribution >= 0.6 is 0 Å². The lowest BCUT2D eigenvalue weighted by Gasteiger charge is -2.33. The molecule has 2 heterocycles. The lowest BCUT2D eigenvalue weighted by atomic mass is 10.1. The molecule has 0 saturated carbocycles. The molecule has 0 radical (unpaired) electrons. The fourth-order valence-corrected chi connectivity index (χ4v) is 3.30. The predicted octanol–water partition coefficient (Wildman–Crippen LogP) is 1.80. The second kappa shape index (κ2) is 4.39. The number of hydrogen-bond acceptors (Lipinski definition) is 2. The van der Waals surface area contributed by atoms with Crippen LogP contribution in [0.4, 0.5) is 0 Å². The Morgan fingerprint density at radius 2 is 2.22 bits per heavy atom. The van der Waals surface area contributed by atoms with Crippen molar-refractivity contribution < 1.29 is 4.79 Å². The molecular formula is C15H20N2O. The molecule has 1 amide bonds. The second-order valence-corrected chi connectivity index (χ2v) is 5.45. The minimum atomic E-state index is 0.157. The van der Waals surface area contributed by atoms with Crippen molar-refractivity contribution in [3.63, 3.8) is 0 Å². The van der Waals surface area contributed by atoms with Crippen LogP contribution in [0.3, 0.4) is 0 Å². The minimum absolute atomic E-state index is 0.157. The number of benzene rings is 1. The van der Waals surface area contributed by atoms with Gasteiger partial charge in [0, 0.05) is 19.1 Å². The van der Waals surface area contributed by atoms with Gasteiger partial charge in [0.25, 0.3) is 0 Å². The van der Waals surface area contributed by atoms with Crippen molar-refractivity contribution in [2.45, 2.75) is 38.9 Å². The van der Waals surface area contributed by atoms with E-state index in [9.17, 15) is 4.79 Å². The van der Waals surface area contributed by atoms with Crippen molar-refractivity contribution in [2.75, 3.05) is 13.1 Å². The van der Waals surface area contributed by atoms with Crippen LogP contribution in [-0.4, -0.2) is 40.9 Å². The van der Waals surface area contributed by atoms with Crippen LogP contribution in [0.5, 0.6) is 0 Å². The molecule has 0 spiro atoms. The summed E-state index contributed by atoms with van der Waals surface area (Å²) < 4.78 is 0. The second-order valence-electron chi connectivity index (χ2n) is 5.45. The molecule has 2 bridgehead atoms. The third-order valence-electron chi connectivity index (χ3n) is 4.23. The molecule has 2 aliphatic rings. The first-order valence-corrected chi connectivity index (χ1v) is 6.79. The van der Waals surface area contributed by atoms with Crippen LogP contribution in [0, 0.1) is 6.92 Å². The van der Waals surface area contributed by atoms with Gasteiger partial charge >= 0.3 is 0 Å². The molecule has 3 rings (SSSR count). The molecular weight excluding hydrogens is 224 g/mol. The summed E-state index contributed by atoms with van der Waals surface area (Å²) in [5.74, 6) is 0.328. The number of hydrogen-bond donors (Lipinski definition) is 0. The number of aryl methyl sites for hydroxylation is 1. The number of carbonyl (C=O) groups is 1. The molecule has 96 valence electrons. The molecule has 18 heavy (non-hydrogen) atoms. The molecule has 1 aromatic rings. The van der Waals surface area contributed by atoms with E-state index in [-0.39, 0.29) is 6.04 Å². The fourth-order valence-electron chi connectivity index (χ4n) is 3.30. The molecule has 2 aliphatic heterocycles. The number of piperazine rings is 1. The van der Waals surface area contributed by atoms with Gasteiger partial charge in [-0.2, -0.15) is 0 Å². The zero-order valence-corrected chi connectivity index (χ0v) is 11.1. The summed E-state index contributed by atoms with van der Waals surface area (Å²) in [4.78, 5) is 16.7. The van der Waals surface area contributed by atoms with Gasteiger partial charge in [0.2, 0.25) is 5.91 Å². The molecule has 0 unspecified atom stereocenters. The zero-order valence-electron chi connectivity index (χ0n) is 11.1. The van der Waals surface area contributed by atoms with Crippen molar-refractivity contribution in [1.29, 1.82) is 0 Å². The van der Waals surface area contributed by atoms with Gasteiger partial charge in [-0.1, -0.05) is 36.8 Å². The van der Waals surface area contributed by atoms with E-state index in [1.54, 1.807) is 0 Å². The maximum absolute atomic E-state index is 12.3. The van der Waals surface area contributed by atoms with Crippen LogP contribution in [0.2, 0.25) is 0 Å². The van der Waals surface area contributed by atoms with Gasteiger partial charge in [0.15, 0.2) is 0 Å². The van der Waals surface area contributed by atoms with Crippen molar-refractivity contribution >= 4 is 5.91 Å². The summed E-state index contributed by atoms with van der Waals surface area (Å²) in [5, 5.41) is 0. The highest BCUT2D eigenvalue weighted by atomic mass is 16.2. The highest BCUT2D eigenvalue weighted by Crippen LogP contribution is 2.32. The number of likely N-dealkylation sites (N-methyl/N-ethyl adjacent to an activating group) is 1. The normalized spacial score (nSPS) is 27.2. The summed E-state index contributed by atoms with van der Waals surface area (Å²) in [6.45, 7) is 7.06. The molecule has 2 fully saturated rings. The lowest BCUT2D eigenvalue weighted by Crippen LogP contribution is -2.49. The Morgan fingerprint density at radius 3 is 2.89 bits per heavy atom. The number of nitrogens with zero attached hydrogens (tertiary/aromatic N) is 2. The minimum Gasteiger partial charge on any atom is -0.333 e. The summed E-state index contributed by atoms with van der Waals surface area (Å²) in [7, 11) is 0. The monoisotopic (exact) mass is 244 g/mol. The van der Waals surface area contributed by atoms with Crippen molar-refractivity contribution in [1.82, 2.24) is 9.80 Å². The Labute approximate surface area is 108 Å². The number of amides is 1. The zero-order chi connectivity index (χ0) is 12.7. The van der Waals surface area contributed by atoms with Gasteiger partial charge in [-0.25, -0.2) is 0 Å². The van der Waals surface area contributed by atoms with Crippen LogP contribution < -0.4 is 0 Å². The van der Waals surface area contributed by atoms with Crippen molar-refractivity contribution in [3.8, 4) is 0 Å². The summed E-state index contributed by atoms with van der Waals surface area (Å²) in [6.07, 6.45) is 1.03. The van der Waals surface area contributed by atoms with Gasteiger partial charge in [-0.3, -0.25) is 9.69 Å². The molecule has 0 aliphatic carbocycles. The maximum atomic E-state index is 12.3.